The Labute approximate surface area is 190 Å². The largest absolute Gasteiger partial charge is 0.424 e. The topological polar surface area (TPSA) is 131 Å². The molecule has 0 aliphatic carbocycles. The second kappa shape index (κ2) is 9.35. The summed E-state index contributed by atoms with van der Waals surface area (Å²) in [5.74, 6) is -0.207. The number of anilines is 1. The Hall–Kier alpha value is -3.83. The Kier molecular flexibility index (Phi) is 6.33. The Bertz CT molecular complexity index is 1280. The highest BCUT2D eigenvalue weighted by molar-refractivity contribution is 7.89. The van der Waals surface area contributed by atoms with Crippen molar-refractivity contribution in [2.24, 2.45) is 0 Å². The van der Waals surface area contributed by atoms with Gasteiger partial charge in [0.15, 0.2) is 0 Å². The van der Waals surface area contributed by atoms with Crippen LogP contribution in [0.2, 0.25) is 0 Å². The molecule has 0 saturated carbocycles. The summed E-state index contributed by atoms with van der Waals surface area (Å²) in [6.07, 6.45) is 3.15. The number of benzene rings is 2. The maximum atomic E-state index is 12.7. The minimum atomic E-state index is -3.82. The third-order valence-corrected chi connectivity index (χ3v) is 6.81. The summed E-state index contributed by atoms with van der Waals surface area (Å²) in [5, 5.41) is 5.40. The lowest BCUT2D eigenvalue weighted by Gasteiger charge is -2.25. The minimum absolute atomic E-state index is 0.0227. The van der Waals surface area contributed by atoms with Crippen LogP contribution in [0.3, 0.4) is 0 Å². The molecule has 10 nitrogen and oxygen atoms in total. The molecule has 0 bridgehead atoms. The van der Waals surface area contributed by atoms with Gasteiger partial charge in [-0.1, -0.05) is 0 Å². The zero-order valence-electron chi connectivity index (χ0n) is 17.7. The monoisotopic (exact) mass is 467 g/mol. The lowest BCUT2D eigenvalue weighted by Crippen LogP contribution is -2.49. The molecule has 1 saturated heterocycles. The zero-order chi connectivity index (χ0) is 23.4. The van der Waals surface area contributed by atoms with Crippen LogP contribution in [-0.4, -0.2) is 54.1 Å². The molecule has 3 aromatic rings. The van der Waals surface area contributed by atoms with Gasteiger partial charge in [0.05, 0.1) is 11.4 Å². The van der Waals surface area contributed by atoms with Gasteiger partial charge in [-0.15, -0.1) is 0 Å². The average molecular weight is 468 g/mol. The van der Waals surface area contributed by atoms with Gasteiger partial charge in [0, 0.05) is 36.7 Å². The highest BCUT2D eigenvalue weighted by Crippen LogP contribution is 2.25. The standard InChI is InChI=1S/C22H21N5O5S/c1-15-13-17(32-22-24-9-2-10-25-22)5-8-19(15)26-21(29)16-3-6-18(7-4-16)33(30,31)27-12-11-23-20(28)14-27/h2-10,13H,11-12,14H2,1H3,(H,23,28)(H,26,29). The summed E-state index contributed by atoms with van der Waals surface area (Å²) < 4.78 is 32.2. The Morgan fingerprint density at radius 2 is 1.85 bits per heavy atom. The Morgan fingerprint density at radius 1 is 1.12 bits per heavy atom. The second-order valence-corrected chi connectivity index (χ2v) is 9.22. The van der Waals surface area contributed by atoms with Crippen LogP contribution in [0.15, 0.2) is 65.8 Å². The van der Waals surface area contributed by atoms with E-state index in [2.05, 4.69) is 20.6 Å². The van der Waals surface area contributed by atoms with Gasteiger partial charge in [0.25, 0.3) is 5.91 Å². The molecule has 170 valence electrons. The quantitative estimate of drug-likeness (QED) is 0.567. The molecular weight excluding hydrogens is 446 g/mol. The molecule has 1 fully saturated rings. The van der Waals surface area contributed by atoms with Gasteiger partial charge in [0.1, 0.15) is 5.75 Å². The maximum Gasteiger partial charge on any atom is 0.321 e. The summed E-state index contributed by atoms with van der Waals surface area (Å²) >= 11 is 0. The van der Waals surface area contributed by atoms with Crippen molar-refractivity contribution in [3.63, 3.8) is 0 Å². The summed E-state index contributed by atoms with van der Waals surface area (Å²) in [4.78, 5) is 32.2. The zero-order valence-corrected chi connectivity index (χ0v) is 18.5. The van der Waals surface area contributed by atoms with Crippen molar-refractivity contribution in [1.29, 1.82) is 0 Å². The number of nitrogens with zero attached hydrogens (tertiary/aromatic N) is 3. The molecule has 1 aromatic heterocycles. The van der Waals surface area contributed by atoms with Crippen LogP contribution < -0.4 is 15.4 Å². The van der Waals surface area contributed by atoms with Gasteiger partial charge in [0.2, 0.25) is 15.9 Å². The molecule has 11 heteroatoms. The highest BCUT2D eigenvalue weighted by Gasteiger charge is 2.29. The van der Waals surface area contributed by atoms with Crippen molar-refractivity contribution in [2.45, 2.75) is 11.8 Å². The van der Waals surface area contributed by atoms with E-state index in [4.69, 9.17) is 4.74 Å². The van der Waals surface area contributed by atoms with Crippen LogP contribution in [0.1, 0.15) is 15.9 Å². The van der Waals surface area contributed by atoms with E-state index in [0.29, 0.717) is 17.0 Å². The number of amides is 2. The molecule has 4 rings (SSSR count). The number of piperazine rings is 1. The fraction of sp³-hybridized carbons (Fsp3) is 0.182. The van der Waals surface area contributed by atoms with Gasteiger partial charge >= 0.3 is 6.01 Å². The first-order valence-corrected chi connectivity index (χ1v) is 11.5. The van der Waals surface area contributed by atoms with E-state index in [1.807, 2.05) is 6.92 Å². The first-order chi connectivity index (χ1) is 15.8. The summed E-state index contributed by atoms with van der Waals surface area (Å²) in [5.41, 5.74) is 1.64. The van der Waals surface area contributed by atoms with Crippen LogP contribution in [0.25, 0.3) is 0 Å². The number of carbonyl (C=O) groups is 2. The molecule has 0 atom stereocenters. The van der Waals surface area contributed by atoms with Gasteiger partial charge < -0.3 is 15.4 Å². The molecule has 1 aliphatic rings. The van der Waals surface area contributed by atoms with Gasteiger partial charge in [-0.05, 0) is 61.0 Å². The predicted octanol–water partition coefficient (Wildman–Crippen LogP) is 1.95. The SMILES string of the molecule is Cc1cc(Oc2ncccn2)ccc1NC(=O)c1ccc(S(=O)(=O)N2CCNC(=O)C2)cc1. The second-order valence-electron chi connectivity index (χ2n) is 7.28. The summed E-state index contributed by atoms with van der Waals surface area (Å²) in [6, 6.07) is 12.6. The minimum Gasteiger partial charge on any atom is -0.424 e. The van der Waals surface area contributed by atoms with Gasteiger partial charge in [-0.2, -0.15) is 4.31 Å². The number of ether oxygens (including phenoxy) is 1. The number of rotatable bonds is 6. The van der Waals surface area contributed by atoms with E-state index in [1.54, 1.807) is 36.7 Å². The van der Waals surface area contributed by atoms with Crippen molar-refractivity contribution in [3.05, 3.63) is 72.1 Å². The number of hydrogen-bond donors (Lipinski definition) is 2. The molecule has 2 aromatic carbocycles. The number of carbonyl (C=O) groups excluding carboxylic acids is 2. The van der Waals surface area contributed by atoms with Crippen LogP contribution in [0.5, 0.6) is 11.8 Å². The summed E-state index contributed by atoms with van der Waals surface area (Å²) in [7, 11) is -3.82. The van der Waals surface area contributed by atoms with Crippen LogP contribution >= 0.6 is 0 Å². The number of aromatic nitrogens is 2. The van der Waals surface area contributed by atoms with Crippen LogP contribution in [-0.2, 0) is 14.8 Å². The van der Waals surface area contributed by atoms with Crippen molar-refractivity contribution < 1.29 is 22.7 Å². The first-order valence-electron chi connectivity index (χ1n) is 10.1. The maximum absolute atomic E-state index is 12.7. The fourth-order valence-corrected chi connectivity index (χ4v) is 4.62. The molecule has 33 heavy (non-hydrogen) atoms. The van der Waals surface area contributed by atoms with E-state index >= 15 is 0 Å². The van der Waals surface area contributed by atoms with Gasteiger partial charge in [-0.3, -0.25) is 9.59 Å². The number of nitrogens with one attached hydrogen (secondary N) is 2. The van der Waals surface area contributed by atoms with Crippen molar-refractivity contribution in [1.82, 2.24) is 19.6 Å². The van der Waals surface area contributed by atoms with Crippen LogP contribution in [0, 0.1) is 6.92 Å². The Morgan fingerprint density at radius 3 is 2.52 bits per heavy atom. The molecule has 2 N–H and O–H groups in total. The van der Waals surface area contributed by atoms with E-state index in [-0.39, 0.29) is 42.4 Å². The molecule has 0 spiro atoms. The number of aryl methyl sites for hydroxylation is 1. The number of hydrogen-bond acceptors (Lipinski definition) is 7. The predicted molar refractivity (Wildman–Crippen MR) is 119 cm³/mol. The third kappa shape index (κ3) is 5.16. The smallest absolute Gasteiger partial charge is 0.321 e. The van der Waals surface area contributed by atoms with Gasteiger partial charge in [-0.25, -0.2) is 18.4 Å². The molecule has 1 aliphatic heterocycles. The average Bonchev–Trinajstić information content (AvgIpc) is 2.81. The van der Waals surface area contributed by atoms with E-state index in [0.717, 1.165) is 9.87 Å². The molecular formula is C22H21N5O5S. The highest BCUT2D eigenvalue weighted by atomic mass is 32.2. The Balaban J connectivity index is 1.44. The normalized spacial score (nSPS) is 14.4. The molecule has 2 amide bonds. The van der Waals surface area contributed by atoms with Crippen LogP contribution in [0.4, 0.5) is 5.69 Å². The molecule has 0 unspecified atom stereocenters. The third-order valence-electron chi connectivity index (χ3n) is 4.95. The number of sulfonamides is 1. The molecule has 0 radical (unpaired) electrons. The fourth-order valence-electron chi connectivity index (χ4n) is 3.23. The lowest BCUT2D eigenvalue weighted by atomic mass is 10.1. The van der Waals surface area contributed by atoms with E-state index in [9.17, 15) is 18.0 Å². The first kappa shape index (κ1) is 22.4. The summed E-state index contributed by atoms with van der Waals surface area (Å²) in [6.45, 7) is 2.06. The van der Waals surface area contributed by atoms with E-state index in [1.165, 1.54) is 24.3 Å². The van der Waals surface area contributed by atoms with Crippen molar-refractivity contribution >= 4 is 27.5 Å². The van der Waals surface area contributed by atoms with Crippen molar-refractivity contribution in [2.75, 3.05) is 25.0 Å². The molecule has 2 heterocycles. The lowest BCUT2D eigenvalue weighted by molar-refractivity contribution is -0.122. The van der Waals surface area contributed by atoms with Crippen molar-refractivity contribution in [3.8, 4) is 11.8 Å². The van der Waals surface area contributed by atoms with E-state index < -0.39 is 10.0 Å².